The van der Waals surface area contributed by atoms with Gasteiger partial charge in [-0.15, -0.1) is 0 Å². The maximum absolute atomic E-state index is 12.3. The van der Waals surface area contributed by atoms with E-state index >= 15 is 0 Å². The average Bonchev–Trinajstić information content (AvgIpc) is 3.00. The number of carbonyl (C=O) groups excluding carboxylic acids is 3. The van der Waals surface area contributed by atoms with Crippen molar-refractivity contribution >= 4 is 18.0 Å². The van der Waals surface area contributed by atoms with Crippen molar-refractivity contribution < 1.29 is 23.9 Å². The lowest BCUT2D eigenvalue weighted by molar-refractivity contribution is -0.149. The molecule has 1 fully saturated rings. The molecule has 0 unspecified atom stereocenters. The molecule has 2 atom stereocenters. The Bertz CT molecular complexity index is 678. The number of nitrogens with zero attached hydrogens (tertiary/aromatic N) is 1. The van der Waals surface area contributed by atoms with Crippen molar-refractivity contribution in [3.8, 4) is 0 Å². The van der Waals surface area contributed by atoms with Gasteiger partial charge in [-0.1, -0.05) is 0 Å². The van der Waals surface area contributed by atoms with Gasteiger partial charge in [0.25, 0.3) is 5.91 Å². The second-order valence-corrected chi connectivity index (χ2v) is 8.24. The summed E-state index contributed by atoms with van der Waals surface area (Å²) in [5.74, 6) is -1.53. The van der Waals surface area contributed by atoms with E-state index in [9.17, 15) is 14.4 Å². The van der Waals surface area contributed by atoms with Gasteiger partial charge in [0.05, 0.1) is 0 Å². The summed E-state index contributed by atoms with van der Waals surface area (Å²) in [7, 11) is 0. The van der Waals surface area contributed by atoms with E-state index in [0.717, 1.165) is 0 Å². The third-order valence-electron chi connectivity index (χ3n) is 3.51. The minimum Gasteiger partial charge on any atom is -0.452 e. The van der Waals surface area contributed by atoms with E-state index in [1.165, 1.54) is 4.57 Å². The Morgan fingerprint density at radius 2 is 1.88 bits per heavy atom. The molecule has 1 N–H and O–H groups in total. The highest BCUT2D eigenvalue weighted by Gasteiger charge is 2.42. The SMILES string of the molecule is CC(C)(C)NC(=O)[C@H]1C[C@H](c2cccn2C(=O)OC(C)(C)C)C(=O)O1. The van der Waals surface area contributed by atoms with Gasteiger partial charge in [0.1, 0.15) is 11.5 Å². The Morgan fingerprint density at radius 3 is 2.44 bits per heavy atom. The number of nitrogens with one attached hydrogen (secondary N) is 1. The summed E-state index contributed by atoms with van der Waals surface area (Å²) >= 11 is 0. The van der Waals surface area contributed by atoms with Gasteiger partial charge in [0.15, 0.2) is 6.10 Å². The zero-order chi connectivity index (χ0) is 19.0. The maximum Gasteiger partial charge on any atom is 0.418 e. The van der Waals surface area contributed by atoms with Crippen molar-refractivity contribution in [2.24, 2.45) is 0 Å². The number of hydrogen-bond acceptors (Lipinski definition) is 5. The third kappa shape index (κ3) is 4.84. The maximum atomic E-state index is 12.3. The van der Waals surface area contributed by atoms with E-state index in [1.807, 2.05) is 20.8 Å². The fourth-order valence-corrected chi connectivity index (χ4v) is 2.59. The van der Waals surface area contributed by atoms with Gasteiger partial charge in [-0.25, -0.2) is 4.79 Å². The van der Waals surface area contributed by atoms with Crippen LogP contribution < -0.4 is 5.32 Å². The summed E-state index contributed by atoms with van der Waals surface area (Å²) < 4.78 is 11.9. The molecule has 0 spiro atoms. The Hall–Kier alpha value is -2.31. The van der Waals surface area contributed by atoms with Crippen LogP contribution in [-0.4, -0.2) is 39.8 Å². The molecular formula is C18H26N2O5. The minimum atomic E-state index is -0.862. The van der Waals surface area contributed by atoms with E-state index in [2.05, 4.69) is 5.32 Å². The van der Waals surface area contributed by atoms with E-state index < -0.39 is 35.2 Å². The van der Waals surface area contributed by atoms with Gasteiger partial charge in [-0.2, -0.15) is 0 Å². The van der Waals surface area contributed by atoms with Crippen LogP contribution in [0.1, 0.15) is 59.6 Å². The summed E-state index contributed by atoms with van der Waals surface area (Å²) in [6.07, 6.45) is 0.300. The lowest BCUT2D eigenvalue weighted by Gasteiger charge is -2.22. The second-order valence-electron chi connectivity index (χ2n) is 8.24. The number of amides is 1. The Balaban J connectivity index is 2.16. The molecule has 0 aliphatic carbocycles. The van der Waals surface area contributed by atoms with Gasteiger partial charge < -0.3 is 14.8 Å². The number of hydrogen-bond donors (Lipinski definition) is 1. The van der Waals surface area contributed by atoms with Gasteiger partial charge in [0, 0.05) is 23.9 Å². The van der Waals surface area contributed by atoms with Crippen molar-refractivity contribution in [2.45, 2.75) is 71.1 Å². The first-order chi connectivity index (χ1) is 11.4. The highest BCUT2D eigenvalue weighted by molar-refractivity contribution is 5.90. The highest BCUT2D eigenvalue weighted by Crippen LogP contribution is 2.32. The van der Waals surface area contributed by atoms with Crippen LogP contribution in [0.4, 0.5) is 4.79 Å². The monoisotopic (exact) mass is 350 g/mol. The molecule has 0 radical (unpaired) electrons. The fourth-order valence-electron chi connectivity index (χ4n) is 2.59. The predicted molar refractivity (Wildman–Crippen MR) is 91.2 cm³/mol. The number of carbonyl (C=O) groups is 3. The molecule has 1 aliphatic rings. The Labute approximate surface area is 147 Å². The summed E-state index contributed by atoms with van der Waals surface area (Å²) in [4.78, 5) is 36.8. The van der Waals surface area contributed by atoms with Crippen LogP contribution in [0.5, 0.6) is 0 Å². The lowest BCUT2D eigenvalue weighted by atomic mass is 10.00. The predicted octanol–water partition coefficient (Wildman–Crippen LogP) is 2.59. The van der Waals surface area contributed by atoms with Crippen LogP contribution in [0.25, 0.3) is 0 Å². The van der Waals surface area contributed by atoms with Crippen LogP contribution in [0.15, 0.2) is 18.3 Å². The van der Waals surface area contributed by atoms with Crippen molar-refractivity contribution in [1.82, 2.24) is 9.88 Å². The molecule has 1 aromatic heterocycles. The molecule has 2 heterocycles. The number of rotatable bonds is 2. The van der Waals surface area contributed by atoms with Gasteiger partial charge in [-0.3, -0.25) is 14.2 Å². The molecule has 1 amide bonds. The molecule has 1 aromatic rings. The van der Waals surface area contributed by atoms with Crippen molar-refractivity contribution in [3.63, 3.8) is 0 Å². The van der Waals surface area contributed by atoms with Crippen molar-refractivity contribution in [3.05, 3.63) is 24.0 Å². The highest BCUT2D eigenvalue weighted by atomic mass is 16.6. The number of aromatic nitrogens is 1. The smallest absolute Gasteiger partial charge is 0.418 e. The van der Waals surface area contributed by atoms with Crippen molar-refractivity contribution in [1.29, 1.82) is 0 Å². The van der Waals surface area contributed by atoms with Crippen LogP contribution in [0, 0.1) is 0 Å². The summed E-state index contributed by atoms with van der Waals surface area (Å²) in [6.45, 7) is 10.9. The first kappa shape index (κ1) is 19.0. The van der Waals surface area contributed by atoms with E-state index in [1.54, 1.807) is 39.1 Å². The molecule has 0 aromatic carbocycles. The molecule has 25 heavy (non-hydrogen) atoms. The first-order valence-corrected chi connectivity index (χ1v) is 8.30. The Kier molecular flexibility index (Phi) is 4.97. The summed E-state index contributed by atoms with van der Waals surface area (Å²) in [5, 5.41) is 2.80. The van der Waals surface area contributed by atoms with Crippen LogP contribution >= 0.6 is 0 Å². The first-order valence-electron chi connectivity index (χ1n) is 8.30. The molecule has 1 saturated heterocycles. The quantitative estimate of drug-likeness (QED) is 0.829. The summed E-state index contributed by atoms with van der Waals surface area (Å²) in [6, 6.07) is 3.33. The summed E-state index contributed by atoms with van der Waals surface area (Å²) in [5.41, 5.74) is -0.604. The zero-order valence-electron chi connectivity index (χ0n) is 15.6. The van der Waals surface area contributed by atoms with Gasteiger partial charge in [0.2, 0.25) is 0 Å². The van der Waals surface area contributed by atoms with Crippen LogP contribution in [0.3, 0.4) is 0 Å². The van der Waals surface area contributed by atoms with Crippen molar-refractivity contribution in [2.75, 3.05) is 0 Å². The molecule has 0 bridgehead atoms. The Morgan fingerprint density at radius 1 is 1.24 bits per heavy atom. The van der Waals surface area contributed by atoms with Gasteiger partial charge >= 0.3 is 12.1 Å². The molecule has 1 aliphatic heterocycles. The number of esters is 1. The van der Waals surface area contributed by atoms with E-state index in [-0.39, 0.29) is 12.3 Å². The largest absolute Gasteiger partial charge is 0.452 e. The topological polar surface area (TPSA) is 86.6 Å². The standard InChI is InChI=1S/C18H26N2O5/c1-17(2,3)19-14(21)13-10-11(15(22)24-13)12-8-7-9-20(12)16(23)25-18(4,5)6/h7-9,11,13H,10H2,1-6H3,(H,19,21)/t11-,13-/m1/s1. The average molecular weight is 350 g/mol. The molecule has 2 rings (SSSR count). The molecular weight excluding hydrogens is 324 g/mol. The molecule has 138 valence electrons. The third-order valence-corrected chi connectivity index (χ3v) is 3.51. The molecule has 7 heteroatoms. The fraction of sp³-hybridized carbons (Fsp3) is 0.611. The van der Waals surface area contributed by atoms with E-state index in [4.69, 9.17) is 9.47 Å². The van der Waals surface area contributed by atoms with E-state index in [0.29, 0.717) is 5.69 Å². The van der Waals surface area contributed by atoms with Crippen LogP contribution in [-0.2, 0) is 19.1 Å². The lowest BCUT2D eigenvalue weighted by Crippen LogP contribution is -2.45. The minimum absolute atomic E-state index is 0.188. The number of ether oxygens (including phenoxy) is 2. The molecule has 0 saturated carbocycles. The second kappa shape index (κ2) is 6.54. The normalized spacial score (nSPS) is 21.0. The zero-order valence-corrected chi connectivity index (χ0v) is 15.6. The number of cyclic esters (lactones) is 1. The molecule has 7 nitrogen and oxygen atoms in total. The van der Waals surface area contributed by atoms with Crippen LogP contribution in [0.2, 0.25) is 0 Å². The van der Waals surface area contributed by atoms with Gasteiger partial charge in [-0.05, 0) is 53.7 Å².